The molecule has 0 radical (unpaired) electrons. The summed E-state index contributed by atoms with van der Waals surface area (Å²) >= 11 is 0. The Morgan fingerprint density at radius 1 is 1.22 bits per heavy atom. The van der Waals surface area contributed by atoms with Crippen molar-refractivity contribution >= 4 is 0 Å². The van der Waals surface area contributed by atoms with E-state index in [1.807, 2.05) is 30.4 Å². The van der Waals surface area contributed by atoms with E-state index < -0.39 is 0 Å². The Morgan fingerprint density at radius 3 is 2.56 bits per heavy atom. The number of rotatable bonds is 5. The standard InChI is InChI=1S/C13H21N5/c1-5-12-6-13(18(4)16-12)8-14-7-11-9-17(3)15-10(11)2/h6,9,14H,5,7-8H2,1-4H3. The van der Waals surface area contributed by atoms with E-state index >= 15 is 0 Å². The molecule has 5 heteroatoms. The van der Waals surface area contributed by atoms with Gasteiger partial charge in [-0.05, 0) is 19.4 Å². The predicted octanol–water partition coefficient (Wildman–Crippen LogP) is 1.31. The Hall–Kier alpha value is -1.62. The van der Waals surface area contributed by atoms with Crippen molar-refractivity contribution in [2.75, 3.05) is 0 Å². The third kappa shape index (κ3) is 2.79. The first kappa shape index (κ1) is 12.8. The summed E-state index contributed by atoms with van der Waals surface area (Å²) in [6, 6.07) is 2.16. The van der Waals surface area contributed by atoms with Crippen LogP contribution < -0.4 is 5.32 Å². The molecule has 2 aromatic heterocycles. The molecule has 5 nitrogen and oxygen atoms in total. The highest BCUT2D eigenvalue weighted by Crippen LogP contribution is 2.06. The fourth-order valence-electron chi connectivity index (χ4n) is 2.06. The van der Waals surface area contributed by atoms with Crippen LogP contribution >= 0.6 is 0 Å². The minimum Gasteiger partial charge on any atom is -0.307 e. The Morgan fingerprint density at radius 2 is 2.00 bits per heavy atom. The van der Waals surface area contributed by atoms with Gasteiger partial charge >= 0.3 is 0 Å². The first-order valence-corrected chi connectivity index (χ1v) is 6.31. The van der Waals surface area contributed by atoms with Crippen LogP contribution in [-0.4, -0.2) is 19.6 Å². The summed E-state index contributed by atoms with van der Waals surface area (Å²) in [6.07, 6.45) is 3.04. The maximum atomic E-state index is 4.44. The Labute approximate surface area is 108 Å². The minimum atomic E-state index is 0.831. The molecule has 98 valence electrons. The molecule has 0 aliphatic heterocycles. The Bertz CT molecular complexity index is 523. The van der Waals surface area contributed by atoms with Crippen LogP contribution in [0, 0.1) is 6.92 Å². The maximum Gasteiger partial charge on any atom is 0.0638 e. The second kappa shape index (κ2) is 5.35. The molecular formula is C13H21N5. The van der Waals surface area contributed by atoms with Gasteiger partial charge in [-0.1, -0.05) is 6.92 Å². The molecule has 0 unspecified atom stereocenters. The molecule has 0 aliphatic carbocycles. The molecule has 0 aromatic carbocycles. The van der Waals surface area contributed by atoms with Crippen molar-refractivity contribution in [3.8, 4) is 0 Å². The normalized spacial score (nSPS) is 11.1. The van der Waals surface area contributed by atoms with E-state index in [0.29, 0.717) is 0 Å². The molecule has 0 aliphatic rings. The molecule has 0 atom stereocenters. The van der Waals surface area contributed by atoms with E-state index in [9.17, 15) is 0 Å². The highest BCUT2D eigenvalue weighted by molar-refractivity contribution is 5.15. The van der Waals surface area contributed by atoms with Crippen LogP contribution in [0.5, 0.6) is 0 Å². The van der Waals surface area contributed by atoms with Crippen LogP contribution in [0.15, 0.2) is 12.3 Å². The molecule has 2 aromatic rings. The second-order valence-corrected chi connectivity index (χ2v) is 4.62. The zero-order valence-corrected chi connectivity index (χ0v) is 11.6. The first-order chi connectivity index (χ1) is 8.60. The summed E-state index contributed by atoms with van der Waals surface area (Å²) in [6.45, 7) is 5.83. The van der Waals surface area contributed by atoms with Gasteiger partial charge in [0.25, 0.3) is 0 Å². The summed E-state index contributed by atoms with van der Waals surface area (Å²) in [4.78, 5) is 0. The van der Waals surface area contributed by atoms with Gasteiger partial charge in [-0.3, -0.25) is 9.36 Å². The molecule has 0 bridgehead atoms. The third-order valence-corrected chi connectivity index (χ3v) is 3.13. The van der Waals surface area contributed by atoms with Crippen LogP contribution in [0.3, 0.4) is 0 Å². The lowest BCUT2D eigenvalue weighted by Gasteiger charge is -2.04. The number of hydrogen-bond acceptors (Lipinski definition) is 3. The zero-order chi connectivity index (χ0) is 13.1. The van der Waals surface area contributed by atoms with Gasteiger partial charge in [-0.2, -0.15) is 10.2 Å². The number of aryl methyl sites for hydroxylation is 4. The van der Waals surface area contributed by atoms with Crippen LogP contribution in [0.4, 0.5) is 0 Å². The van der Waals surface area contributed by atoms with Gasteiger partial charge in [0.2, 0.25) is 0 Å². The lowest BCUT2D eigenvalue weighted by Crippen LogP contribution is -2.15. The average molecular weight is 247 g/mol. The summed E-state index contributed by atoms with van der Waals surface area (Å²) in [5.41, 5.74) is 4.69. The van der Waals surface area contributed by atoms with Crippen molar-refractivity contribution in [3.63, 3.8) is 0 Å². The number of aromatic nitrogens is 4. The van der Waals surface area contributed by atoms with E-state index in [4.69, 9.17) is 0 Å². The largest absolute Gasteiger partial charge is 0.307 e. The van der Waals surface area contributed by atoms with Crippen molar-refractivity contribution in [3.05, 3.63) is 34.9 Å². The van der Waals surface area contributed by atoms with Gasteiger partial charge in [0.1, 0.15) is 0 Å². The number of hydrogen-bond donors (Lipinski definition) is 1. The first-order valence-electron chi connectivity index (χ1n) is 6.31. The van der Waals surface area contributed by atoms with E-state index in [1.54, 1.807) is 0 Å². The van der Waals surface area contributed by atoms with Crippen molar-refractivity contribution in [2.45, 2.75) is 33.4 Å². The monoisotopic (exact) mass is 247 g/mol. The topological polar surface area (TPSA) is 47.7 Å². The van der Waals surface area contributed by atoms with E-state index in [0.717, 1.165) is 30.9 Å². The van der Waals surface area contributed by atoms with Crippen LogP contribution in [0.1, 0.15) is 29.6 Å². The number of nitrogens with zero attached hydrogens (tertiary/aromatic N) is 4. The smallest absolute Gasteiger partial charge is 0.0638 e. The molecule has 0 saturated carbocycles. The van der Waals surface area contributed by atoms with Gasteiger partial charge < -0.3 is 5.32 Å². The third-order valence-electron chi connectivity index (χ3n) is 3.13. The van der Waals surface area contributed by atoms with Crippen LogP contribution in [0.25, 0.3) is 0 Å². The van der Waals surface area contributed by atoms with Gasteiger partial charge in [-0.15, -0.1) is 0 Å². The Kier molecular flexibility index (Phi) is 3.81. The van der Waals surface area contributed by atoms with Gasteiger partial charge in [-0.25, -0.2) is 0 Å². The Balaban J connectivity index is 1.92. The molecule has 0 spiro atoms. The molecule has 1 N–H and O–H groups in total. The van der Waals surface area contributed by atoms with Crippen molar-refractivity contribution in [1.29, 1.82) is 0 Å². The van der Waals surface area contributed by atoms with Crippen LogP contribution in [0.2, 0.25) is 0 Å². The average Bonchev–Trinajstić information content (AvgIpc) is 2.83. The van der Waals surface area contributed by atoms with E-state index in [-0.39, 0.29) is 0 Å². The second-order valence-electron chi connectivity index (χ2n) is 4.62. The minimum absolute atomic E-state index is 0.831. The molecule has 0 amide bonds. The molecule has 2 rings (SSSR count). The summed E-state index contributed by atoms with van der Waals surface area (Å²) < 4.78 is 3.80. The molecule has 2 heterocycles. The van der Waals surface area contributed by atoms with Crippen molar-refractivity contribution in [2.24, 2.45) is 14.1 Å². The van der Waals surface area contributed by atoms with E-state index in [1.165, 1.54) is 11.3 Å². The van der Waals surface area contributed by atoms with Gasteiger partial charge in [0.05, 0.1) is 17.1 Å². The van der Waals surface area contributed by atoms with E-state index in [2.05, 4.69) is 34.7 Å². The number of nitrogens with one attached hydrogen (secondary N) is 1. The summed E-state index contributed by atoms with van der Waals surface area (Å²) in [7, 11) is 3.94. The SMILES string of the molecule is CCc1cc(CNCc2cn(C)nc2C)n(C)n1. The van der Waals surface area contributed by atoms with Crippen molar-refractivity contribution < 1.29 is 0 Å². The zero-order valence-electron chi connectivity index (χ0n) is 11.6. The summed E-state index contributed by atoms with van der Waals surface area (Å²) in [5.74, 6) is 0. The van der Waals surface area contributed by atoms with Gasteiger partial charge in [0.15, 0.2) is 0 Å². The maximum absolute atomic E-state index is 4.44. The molecule has 0 fully saturated rings. The fourth-order valence-corrected chi connectivity index (χ4v) is 2.06. The highest BCUT2D eigenvalue weighted by Gasteiger charge is 2.05. The predicted molar refractivity (Wildman–Crippen MR) is 71.1 cm³/mol. The van der Waals surface area contributed by atoms with Gasteiger partial charge in [0, 0.05) is 38.9 Å². The fraction of sp³-hybridized carbons (Fsp3) is 0.538. The quantitative estimate of drug-likeness (QED) is 0.866. The van der Waals surface area contributed by atoms with Crippen molar-refractivity contribution in [1.82, 2.24) is 24.9 Å². The molecule has 0 saturated heterocycles. The highest BCUT2D eigenvalue weighted by atomic mass is 15.3. The molecule has 18 heavy (non-hydrogen) atoms. The molecular weight excluding hydrogens is 226 g/mol. The lowest BCUT2D eigenvalue weighted by molar-refractivity contribution is 0.622. The van der Waals surface area contributed by atoms with Crippen LogP contribution in [-0.2, 0) is 33.6 Å². The lowest BCUT2D eigenvalue weighted by atomic mass is 10.2. The summed E-state index contributed by atoms with van der Waals surface area (Å²) in [5, 5.41) is 12.2.